The number of hydrogen-bond acceptors (Lipinski definition) is 2. The fourth-order valence-corrected chi connectivity index (χ4v) is 2.49. The summed E-state index contributed by atoms with van der Waals surface area (Å²) < 4.78 is 0. The Morgan fingerprint density at radius 1 is 1.20 bits per heavy atom. The second-order valence-corrected chi connectivity index (χ2v) is 5.24. The molecule has 1 fully saturated rings. The predicted molar refractivity (Wildman–Crippen MR) is 76.2 cm³/mol. The molecule has 1 aliphatic heterocycles. The zero-order chi connectivity index (χ0) is 14.4. The third-order valence-corrected chi connectivity index (χ3v) is 3.78. The van der Waals surface area contributed by atoms with Crippen LogP contribution in [0.4, 0.5) is 4.79 Å². The maximum atomic E-state index is 12.0. The summed E-state index contributed by atoms with van der Waals surface area (Å²) in [5.74, 6) is -0.201. The molecule has 1 aromatic carbocycles. The van der Waals surface area contributed by atoms with Crippen molar-refractivity contribution < 1.29 is 14.5 Å². The van der Waals surface area contributed by atoms with Crippen molar-refractivity contribution in [3.05, 3.63) is 35.9 Å². The van der Waals surface area contributed by atoms with E-state index in [1.54, 1.807) is 0 Å². The molecule has 5 heteroatoms. The molecule has 108 valence electrons. The molecule has 1 saturated heterocycles. The third-order valence-electron chi connectivity index (χ3n) is 3.78. The van der Waals surface area contributed by atoms with E-state index in [1.807, 2.05) is 37.3 Å². The van der Waals surface area contributed by atoms with Crippen molar-refractivity contribution in [1.82, 2.24) is 10.6 Å². The Labute approximate surface area is 119 Å². The maximum Gasteiger partial charge on any atom is 0.321 e. The Morgan fingerprint density at radius 2 is 1.85 bits per heavy atom. The topological polar surface area (TPSA) is 62.6 Å². The third kappa shape index (κ3) is 4.06. The van der Waals surface area contributed by atoms with Crippen LogP contribution >= 0.6 is 0 Å². The van der Waals surface area contributed by atoms with E-state index in [2.05, 4.69) is 10.6 Å². The van der Waals surface area contributed by atoms with Gasteiger partial charge in [0, 0.05) is 19.4 Å². The van der Waals surface area contributed by atoms with Crippen molar-refractivity contribution in [1.29, 1.82) is 0 Å². The van der Waals surface area contributed by atoms with Gasteiger partial charge >= 0.3 is 6.03 Å². The van der Waals surface area contributed by atoms with Gasteiger partial charge in [-0.2, -0.15) is 0 Å². The van der Waals surface area contributed by atoms with Crippen molar-refractivity contribution in [2.45, 2.75) is 32.4 Å². The molecule has 0 spiro atoms. The minimum atomic E-state index is -0.427. The first-order valence-corrected chi connectivity index (χ1v) is 7.14. The number of quaternary nitrogens is 1. The number of benzene rings is 1. The summed E-state index contributed by atoms with van der Waals surface area (Å²) in [5.41, 5.74) is 1.01. The molecule has 0 saturated carbocycles. The standard InChI is InChI=1S/C15H21N3O2/c1-12(18-9-5-6-10-18)14(19)17-15(20)16-11-13-7-3-2-4-8-13/h2-4,7-8,12H,5-6,9-11H2,1H3,(H2,16,17,19,20)/p+1/t12-/m1/s1. The van der Waals surface area contributed by atoms with Gasteiger partial charge in [0.25, 0.3) is 5.91 Å². The summed E-state index contributed by atoms with van der Waals surface area (Å²) in [5, 5.41) is 5.11. The van der Waals surface area contributed by atoms with Crippen molar-refractivity contribution in [2.75, 3.05) is 13.1 Å². The van der Waals surface area contributed by atoms with Gasteiger partial charge in [-0.25, -0.2) is 4.79 Å². The van der Waals surface area contributed by atoms with Crippen LogP contribution in [0.15, 0.2) is 30.3 Å². The van der Waals surface area contributed by atoms with E-state index in [-0.39, 0.29) is 11.9 Å². The molecule has 3 N–H and O–H groups in total. The van der Waals surface area contributed by atoms with Gasteiger partial charge in [-0.15, -0.1) is 0 Å². The first-order chi connectivity index (χ1) is 9.66. The van der Waals surface area contributed by atoms with Crippen LogP contribution in [0.3, 0.4) is 0 Å². The summed E-state index contributed by atoms with van der Waals surface area (Å²) >= 11 is 0. The molecule has 3 amide bonds. The van der Waals surface area contributed by atoms with E-state index in [9.17, 15) is 9.59 Å². The van der Waals surface area contributed by atoms with Gasteiger partial charge in [0.15, 0.2) is 6.04 Å². The average molecular weight is 276 g/mol. The number of rotatable bonds is 4. The highest BCUT2D eigenvalue weighted by Crippen LogP contribution is 1.97. The summed E-state index contributed by atoms with van der Waals surface area (Å²) in [6, 6.07) is 9.02. The number of carbonyl (C=O) groups is 2. The largest absolute Gasteiger partial charge is 0.334 e. The smallest absolute Gasteiger partial charge is 0.321 e. The molecule has 1 heterocycles. The molecule has 1 aliphatic rings. The van der Waals surface area contributed by atoms with Crippen LogP contribution in [-0.2, 0) is 11.3 Å². The summed E-state index contributed by atoms with van der Waals surface area (Å²) in [6.07, 6.45) is 2.32. The quantitative estimate of drug-likeness (QED) is 0.729. The van der Waals surface area contributed by atoms with Gasteiger partial charge in [0.1, 0.15) is 0 Å². The number of carbonyl (C=O) groups excluding carboxylic acids is 2. The Kier molecular flexibility index (Phi) is 5.12. The predicted octanol–water partition coefficient (Wildman–Crippen LogP) is 0.0796. The minimum Gasteiger partial charge on any atom is -0.334 e. The van der Waals surface area contributed by atoms with E-state index in [0.717, 1.165) is 31.5 Å². The first kappa shape index (κ1) is 14.5. The summed E-state index contributed by atoms with van der Waals surface area (Å²) in [4.78, 5) is 24.9. The Morgan fingerprint density at radius 3 is 2.50 bits per heavy atom. The molecule has 0 unspecified atom stereocenters. The maximum absolute atomic E-state index is 12.0. The van der Waals surface area contributed by atoms with E-state index >= 15 is 0 Å². The van der Waals surface area contributed by atoms with E-state index in [1.165, 1.54) is 4.90 Å². The molecule has 20 heavy (non-hydrogen) atoms. The molecule has 5 nitrogen and oxygen atoms in total. The molecular formula is C15H22N3O2+. The number of amides is 3. The molecule has 0 radical (unpaired) electrons. The number of nitrogens with one attached hydrogen (secondary N) is 3. The van der Waals surface area contributed by atoms with Crippen LogP contribution in [0.25, 0.3) is 0 Å². The van der Waals surface area contributed by atoms with Crippen molar-refractivity contribution in [3.8, 4) is 0 Å². The van der Waals surface area contributed by atoms with Crippen LogP contribution in [0.5, 0.6) is 0 Å². The van der Waals surface area contributed by atoms with Crippen LogP contribution in [-0.4, -0.2) is 31.1 Å². The van der Waals surface area contributed by atoms with Crippen molar-refractivity contribution in [3.63, 3.8) is 0 Å². The SMILES string of the molecule is C[C@H](C(=O)NC(=O)NCc1ccccc1)[NH+]1CCCC1. The second kappa shape index (κ2) is 7.05. The molecule has 0 aromatic heterocycles. The van der Waals surface area contributed by atoms with Gasteiger partial charge in [-0.1, -0.05) is 30.3 Å². The fraction of sp³-hybridized carbons (Fsp3) is 0.467. The van der Waals surface area contributed by atoms with Crippen LogP contribution < -0.4 is 15.5 Å². The zero-order valence-electron chi connectivity index (χ0n) is 11.8. The summed E-state index contributed by atoms with van der Waals surface area (Å²) in [6.45, 7) is 4.33. The van der Waals surface area contributed by atoms with Gasteiger partial charge < -0.3 is 10.2 Å². The lowest BCUT2D eigenvalue weighted by Gasteiger charge is -2.19. The Balaban J connectivity index is 1.74. The fourth-order valence-electron chi connectivity index (χ4n) is 2.49. The minimum absolute atomic E-state index is 0.167. The van der Waals surface area contributed by atoms with Gasteiger partial charge in [0.05, 0.1) is 13.1 Å². The average Bonchev–Trinajstić information content (AvgIpc) is 2.99. The van der Waals surface area contributed by atoms with Crippen LogP contribution in [0.1, 0.15) is 25.3 Å². The monoisotopic (exact) mass is 276 g/mol. The molecule has 1 atom stereocenters. The molecular weight excluding hydrogens is 254 g/mol. The second-order valence-electron chi connectivity index (χ2n) is 5.24. The van der Waals surface area contributed by atoms with Crippen molar-refractivity contribution in [2.24, 2.45) is 0 Å². The van der Waals surface area contributed by atoms with Crippen LogP contribution in [0.2, 0.25) is 0 Å². The molecule has 1 aromatic rings. The first-order valence-electron chi connectivity index (χ1n) is 7.14. The highest BCUT2D eigenvalue weighted by Gasteiger charge is 2.28. The lowest BCUT2D eigenvalue weighted by Crippen LogP contribution is -3.15. The van der Waals surface area contributed by atoms with E-state index < -0.39 is 6.03 Å². The molecule has 0 aliphatic carbocycles. The summed E-state index contributed by atoms with van der Waals surface area (Å²) in [7, 11) is 0. The van der Waals surface area contributed by atoms with Crippen molar-refractivity contribution >= 4 is 11.9 Å². The number of likely N-dealkylation sites (tertiary alicyclic amines) is 1. The highest BCUT2D eigenvalue weighted by atomic mass is 16.2. The molecule has 0 bridgehead atoms. The van der Waals surface area contributed by atoms with E-state index in [4.69, 9.17) is 0 Å². The van der Waals surface area contributed by atoms with Crippen LogP contribution in [0, 0.1) is 0 Å². The number of urea groups is 1. The molecule has 2 rings (SSSR count). The highest BCUT2D eigenvalue weighted by molar-refractivity contribution is 5.96. The van der Waals surface area contributed by atoms with E-state index in [0.29, 0.717) is 6.54 Å². The number of imide groups is 1. The Hall–Kier alpha value is -1.88. The Bertz CT molecular complexity index is 455. The van der Waals surface area contributed by atoms with Gasteiger partial charge in [-0.3, -0.25) is 10.1 Å². The lowest BCUT2D eigenvalue weighted by molar-refractivity contribution is -0.901. The van der Waals surface area contributed by atoms with Gasteiger partial charge in [-0.05, 0) is 12.5 Å². The number of hydrogen-bond donors (Lipinski definition) is 3. The van der Waals surface area contributed by atoms with Gasteiger partial charge in [0.2, 0.25) is 0 Å². The normalized spacial score (nSPS) is 16.6. The zero-order valence-corrected chi connectivity index (χ0v) is 11.8. The lowest BCUT2D eigenvalue weighted by atomic mass is 10.2.